The molecule has 0 aliphatic heterocycles. The molecule has 9 heteroatoms. The smallest absolute Gasteiger partial charge is 0.341 e. The van der Waals surface area contributed by atoms with Crippen LogP contribution in [0.1, 0.15) is 23.0 Å². The predicted octanol–water partition coefficient (Wildman–Crippen LogP) is 4.49. The van der Waals surface area contributed by atoms with E-state index in [1.54, 1.807) is 30.3 Å². The van der Waals surface area contributed by atoms with Gasteiger partial charge < -0.3 is 19.8 Å². The fourth-order valence-electron chi connectivity index (χ4n) is 2.55. The van der Waals surface area contributed by atoms with Crippen LogP contribution in [0.5, 0.6) is 0 Å². The van der Waals surface area contributed by atoms with Crippen molar-refractivity contribution in [3.8, 4) is 0 Å². The number of rotatable bonds is 7. The minimum atomic E-state index is -1.71. The van der Waals surface area contributed by atoms with Crippen molar-refractivity contribution in [1.29, 1.82) is 0 Å². The van der Waals surface area contributed by atoms with Crippen LogP contribution in [-0.4, -0.2) is 18.0 Å². The summed E-state index contributed by atoms with van der Waals surface area (Å²) >= 11 is 0. The standard InChI is InChI=1S/C21H17F3N2O4/c1-12(20(27)26-17-9-8-15(22)18(23)19(17)24)30-21(28)14-6-2-3-7-16(14)25-11-13-5-4-10-29-13/h2-10,12,25H,11H2,1H3,(H,26,27). The number of nitrogens with one attached hydrogen (secondary N) is 2. The van der Waals surface area contributed by atoms with Gasteiger partial charge in [-0.15, -0.1) is 0 Å². The van der Waals surface area contributed by atoms with Gasteiger partial charge in [-0.3, -0.25) is 4.79 Å². The molecule has 30 heavy (non-hydrogen) atoms. The SMILES string of the molecule is CC(OC(=O)c1ccccc1NCc1ccco1)C(=O)Nc1ccc(F)c(F)c1F. The molecule has 0 aliphatic rings. The summed E-state index contributed by atoms with van der Waals surface area (Å²) < 4.78 is 50.4. The van der Waals surface area contributed by atoms with Crippen LogP contribution in [0.25, 0.3) is 0 Å². The van der Waals surface area contributed by atoms with Crippen LogP contribution in [0.15, 0.2) is 59.2 Å². The van der Waals surface area contributed by atoms with Gasteiger partial charge in [0, 0.05) is 5.69 Å². The highest BCUT2D eigenvalue weighted by atomic mass is 19.2. The lowest BCUT2D eigenvalue weighted by molar-refractivity contribution is -0.123. The highest BCUT2D eigenvalue weighted by Crippen LogP contribution is 2.21. The van der Waals surface area contributed by atoms with Crippen LogP contribution in [0.2, 0.25) is 0 Å². The van der Waals surface area contributed by atoms with Gasteiger partial charge in [0.2, 0.25) is 0 Å². The van der Waals surface area contributed by atoms with Gasteiger partial charge in [-0.05, 0) is 43.3 Å². The van der Waals surface area contributed by atoms with Crippen LogP contribution in [-0.2, 0) is 16.1 Å². The van der Waals surface area contributed by atoms with Crippen LogP contribution in [0, 0.1) is 17.5 Å². The average Bonchev–Trinajstić information content (AvgIpc) is 3.26. The van der Waals surface area contributed by atoms with E-state index in [-0.39, 0.29) is 5.56 Å². The van der Waals surface area contributed by atoms with Crippen molar-refractivity contribution in [2.24, 2.45) is 0 Å². The number of carbonyl (C=O) groups is 2. The Balaban J connectivity index is 1.65. The van der Waals surface area contributed by atoms with Gasteiger partial charge in [0.1, 0.15) is 5.76 Å². The second-order valence-electron chi connectivity index (χ2n) is 6.24. The lowest BCUT2D eigenvalue weighted by atomic mass is 10.1. The molecule has 1 heterocycles. The van der Waals surface area contributed by atoms with E-state index < -0.39 is 41.1 Å². The molecule has 0 radical (unpaired) electrons. The van der Waals surface area contributed by atoms with Gasteiger partial charge in [-0.25, -0.2) is 18.0 Å². The maximum Gasteiger partial charge on any atom is 0.341 e. The number of amides is 1. The molecule has 1 atom stereocenters. The van der Waals surface area contributed by atoms with Gasteiger partial charge in [0.25, 0.3) is 5.91 Å². The van der Waals surface area contributed by atoms with Gasteiger partial charge >= 0.3 is 5.97 Å². The van der Waals surface area contributed by atoms with Crippen LogP contribution in [0.3, 0.4) is 0 Å². The molecule has 0 saturated heterocycles. The molecule has 0 saturated carbocycles. The number of para-hydroxylation sites is 1. The minimum Gasteiger partial charge on any atom is -0.467 e. The van der Waals surface area contributed by atoms with Crippen LogP contribution >= 0.6 is 0 Å². The summed E-state index contributed by atoms with van der Waals surface area (Å²) in [7, 11) is 0. The first-order valence-corrected chi connectivity index (χ1v) is 8.87. The number of benzene rings is 2. The van der Waals surface area contributed by atoms with Crippen molar-refractivity contribution in [2.75, 3.05) is 10.6 Å². The van der Waals surface area contributed by atoms with Gasteiger partial charge in [-0.2, -0.15) is 0 Å². The highest BCUT2D eigenvalue weighted by molar-refractivity contribution is 5.99. The highest BCUT2D eigenvalue weighted by Gasteiger charge is 2.23. The number of esters is 1. The molecule has 3 aromatic rings. The number of carbonyl (C=O) groups excluding carboxylic acids is 2. The lowest BCUT2D eigenvalue weighted by Gasteiger charge is -2.16. The number of furan rings is 1. The van der Waals surface area contributed by atoms with E-state index in [2.05, 4.69) is 10.6 Å². The Morgan fingerprint density at radius 3 is 2.50 bits per heavy atom. The summed E-state index contributed by atoms with van der Waals surface area (Å²) in [5.74, 6) is -5.70. The van der Waals surface area contributed by atoms with Crippen molar-refractivity contribution < 1.29 is 31.9 Å². The van der Waals surface area contributed by atoms with E-state index in [9.17, 15) is 22.8 Å². The van der Waals surface area contributed by atoms with E-state index in [1.807, 2.05) is 0 Å². The third-order valence-electron chi connectivity index (χ3n) is 4.13. The molecule has 0 spiro atoms. The summed E-state index contributed by atoms with van der Waals surface area (Å²) in [4.78, 5) is 24.7. The number of anilines is 2. The fraction of sp³-hybridized carbons (Fsp3) is 0.143. The molecule has 6 nitrogen and oxygen atoms in total. The Kier molecular flexibility index (Phi) is 6.41. The average molecular weight is 418 g/mol. The van der Waals surface area contributed by atoms with E-state index in [0.717, 1.165) is 6.07 Å². The summed E-state index contributed by atoms with van der Waals surface area (Å²) in [5.41, 5.74) is 0.0585. The Bertz CT molecular complexity index is 1050. The monoisotopic (exact) mass is 418 g/mol. The molecular formula is C21H17F3N2O4. The van der Waals surface area contributed by atoms with E-state index in [0.29, 0.717) is 24.1 Å². The first-order valence-electron chi connectivity index (χ1n) is 8.87. The number of hydrogen-bond donors (Lipinski definition) is 2. The molecule has 0 fully saturated rings. The lowest BCUT2D eigenvalue weighted by Crippen LogP contribution is -2.30. The summed E-state index contributed by atoms with van der Waals surface area (Å²) in [6.45, 7) is 1.59. The molecule has 2 aromatic carbocycles. The number of hydrogen-bond acceptors (Lipinski definition) is 5. The van der Waals surface area contributed by atoms with Crippen molar-refractivity contribution >= 4 is 23.3 Å². The molecule has 1 unspecified atom stereocenters. The topological polar surface area (TPSA) is 80.6 Å². The van der Waals surface area contributed by atoms with E-state index in [4.69, 9.17) is 9.15 Å². The maximum absolute atomic E-state index is 13.7. The van der Waals surface area contributed by atoms with Crippen molar-refractivity contribution in [3.05, 3.63) is 83.6 Å². The molecule has 3 rings (SSSR count). The van der Waals surface area contributed by atoms with Crippen molar-refractivity contribution in [2.45, 2.75) is 19.6 Å². The van der Waals surface area contributed by atoms with Crippen molar-refractivity contribution in [3.63, 3.8) is 0 Å². The van der Waals surface area contributed by atoms with E-state index >= 15 is 0 Å². The van der Waals surface area contributed by atoms with Gasteiger partial charge in [0.05, 0.1) is 24.1 Å². The van der Waals surface area contributed by atoms with Gasteiger partial charge in [-0.1, -0.05) is 12.1 Å². The Morgan fingerprint density at radius 1 is 1.00 bits per heavy atom. The molecule has 0 aliphatic carbocycles. The Labute approximate surface area is 169 Å². The second kappa shape index (κ2) is 9.17. The summed E-state index contributed by atoms with van der Waals surface area (Å²) in [6.07, 6.45) is 0.191. The van der Waals surface area contributed by atoms with Gasteiger partial charge in [0.15, 0.2) is 23.6 Å². The molecule has 0 bridgehead atoms. The minimum absolute atomic E-state index is 0.169. The van der Waals surface area contributed by atoms with Crippen LogP contribution < -0.4 is 10.6 Å². The first-order chi connectivity index (χ1) is 14.4. The zero-order chi connectivity index (χ0) is 21.7. The second-order valence-corrected chi connectivity index (χ2v) is 6.24. The Hall–Kier alpha value is -3.75. The predicted molar refractivity (Wildman–Crippen MR) is 102 cm³/mol. The molecule has 2 N–H and O–H groups in total. The number of halogens is 3. The maximum atomic E-state index is 13.7. The van der Waals surface area contributed by atoms with E-state index in [1.165, 1.54) is 19.3 Å². The zero-order valence-electron chi connectivity index (χ0n) is 15.7. The fourth-order valence-corrected chi connectivity index (χ4v) is 2.55. The first kappa shape index (κ1) is 21.0. The quantitative estimate of drug-likeness (QED) is 0.437. The number of ether oxygens (including phenoxy) is 1. The molecule has 156 valence electrons. The normalized spacial score (nSPS) is 11.6. The third-order valence-corrected chi connectivity index (χ3v) is 4.13. The molecular weight excluding hydrogens is 401 g/mol. The molecule has 1 aromatic heterocycles. The summed E-state index contributed by atoms with van der Waals surface area (Å²) in [6, 6.07) is 11.5. The summed E-state index contributed by atoms with van der Waals surface area (Å²) in [5, 5.41) is 5.10. The Morgan fingerprint density at radius 2 is 1.77 bits per heavy atom. The largest absolute Gasteiger partial charge is 0.467 e. The third kappa shape index (κ3) is 4.80. The van der Waals surface area contributed by atoms with Crippen LogP contribution in [0.4, 0.5) is 24.5 Å². The van der Waals surface area contributed by atoms with Crippen molar-refractivity contribution in [1.82, 2.24) is 0 Å². The molecule has 1 amide bonds. The zero-order valence-corrected chi connectivity index (χ0v) is 15.7.